The highest BCUT2D eigenvalue weighted by molar-refractivity contribution is 7.21. The van der Waals surface area contributed by atoms with Crippen molar-refractivity contribution in [1.29, 1.82) is 0 Å². The summed E-state index contributed by atoms with van der Waals surface area (Å²) in [5.41, 5.74) is 1.77. The van der Waals surface area contributed by atoms with Gasteiger partial charge in [-0.3, -0.25) is 0 Å². The van der Waals surface area contributed by atoms with Crippen LogP contribution in [0.1, 0.15) is 28.7 Å². The van der Waals surface area contributed by atoms with Gasteiger partial charge in [0.1, 0.15) is 9.71 Å². The minimum atomic E-state index is -0.890. The molecule has 2 rings (SSSR count). The first-order valence-electron chi connectivity index (χ1n) is 5.87. The van der Waals surface area contributed by atoms with Crippen LogP contribution in [0.5, 0.6) is 0 Å². The van der Waals surface area contributed by atoms with E-state index in [-0.39, 0.29) is 0 Å². The van der Waals surface area contributed by atoms with Crippen LogP contribution in [0.15, 0.2) is 12.1 Å². The Kier molecular flexibility index (Phi) is 3.52. The molecular formula is C13H16N2O2S. The number of hydrogen-bond donors (Lipinski definition) is 1. The Balaban J connectivity index is 2.64. The molecule has 0 atom stereocenters. The molecule has 0 amide bonds. The van der Waals surface area contributed by atoms with E-state index in [1.165, 1.54) is 11.3 Å². The largest absolute Gasteiger partial charge is 0.477 e. The topological polar surface area (TPSA) is 53.4 Å². The van der Waals surface area contributed by atoms with Crippen molar-refractivity contribution in [2.45, 2.75) is 19.8 Å². The van der Waals surface area contributed by atoms with Crippen LogP contribution in [0.4, 0.5) is 5.69 Å². The van der Waals surface area contributed by atoms with E-state index in [2.05, 4.69) is 11.9 Å². The van der Waals surface area contributed by atoms with Gasteiger partial charge >= 0.3 is 5.97 Å². The van der Waals surface area contributed by atoms with Gasteiger partial charge in [-0.15, -0.1) is 11.3 Å². The summed E-state index contributed by atoms with van der Waals surface area (Å²) >= 11 is 1.25. The predicted molar refractivity (Wildman–Crippen MR) is 74.9 cm³/mol. The molecule has 1 N–H and O–H groups in total. The van der Waals surface area contributed by atoms with E-state index >= 15 is 0 Å². The molecular weight excluding hydrogens is 248 g/mol. The number of carbonyl (C=O) groups is 1. The standard InChI is InChI=1S/C13H16N2O2S/c1-4-5-8-6-7-9-10(15(2)3)11(13(16)17)18-12(9)14-8/h6-7H,4-5H2,1-3H3,(H,16,17). The Morgan fingerprint density at radius 3 is 2.72 bits per heavy atom. The van der Waals surface area contributed by atoms with Crippen LogP contribution >= 0.6 is 11.3 Å². The van der Waals surface area contributed by atoms with Crippen LogP contribution < -0.4 is 4.90 Å². The molecule has 96 valence electrons. The highest BCUT2D eigenvalue weighted by atomic mass is 32.1. The number of aromatic carboxylic acids is 1. The van der Waals surface area contributed by atoms with Gasteiger partial charge in [0.15, 0.2) is 0 Å². The number of aromatic nitrogens is 1. The molecule has 0 saturated heterocycles. The molecule has 0 aliphatic carbocycles. The maximum absolute atomic E-state index is 11.3. The van der Waals surface area contributed by atoms with E-state index in [1.54, 1.807) is 0 Å². The minimum Gasteiger partial charge on any atom is -0.477 e. The molecule has 2 aromatic heterocycles. The second-order valence-corrected chi connectivity index (χ2v) is 5.38. The molecule has 0 saturated carbocycles. The summed E-state index contributed by atoms with van der Waals surface area (Å²) in [6, 6.07) is 3.96. The first-order valence-corrected chi connectivity index (χ1v) is 6.69. The lowest BCUT2D eigenvalue weighted by Crippen LogP contribution is -2.11. The normalized spacial score (nSPS) is 10.8. The molecule has 4 nitrogen and oxygen atoms in total. The Morgan fingerprint density at radius 1 is 1.44 bits per heavy atom. The van der Waals surface area contributed by atoms with Gasteiger partial charge in [0.2, 0.25) is 0 Å². The number of carboxylic acids is 1. The SMILES string of the molecule is CCCc1ccc2c(N(C)C)c(C(=O)O)sc2n1. The number of anilines is 1. The van der Waals surface area contributed by atoms with E-state index in [1.807, 2.05) is 31.1 Å². The number of fused-ring (bicyclic) bond motifs is 1. The van der Waals surface area contributed by atoms with Crippen LogP contribution in [-0.4, -0.2) is 30.2 Å². The predicted octanol–water partition coefficient (Wildman–Crippen LogP) is 3.01. The molecule has 0 spiro atoms. The Bertz CT molecular complexity index is 590. The highest BCUT2D eigenvalue weighted by Crippen LogP contribution is 2.36. The molecule has 0 fully saturated rings. The van der Waals surface area contributed by atoms with Gasteiger partial charge in [0, 0.05) is 25.2 Å². The fourth-order valence-corrected chi connectivity index (χ4v) is 3.10. The summed E-state index contributed by atoms with van der Waals surface area (Å²) < 4.78 is 0. The smallest absolute Gasteiger partial charge is 0.348 e. The molecule has 0 aliphatic heterocycles. The number of rotatable bonds is 4. The molecule has 2 heterocycles. The molecule has 5 heteroatoms. The van der Waals surface area contributed by atoms with Crippen molar-refractivity contribution in [2.75, 3.05) is 19.0 Å². The van der Waals surface area contributed by atoms with Crippen molar-refractivity contribution in [3.8, 4) is 0 Å². The highest BCUT2D eigenvalue weighted by Gasteiger charge is 2.20. The summed E-state index contributed by atoms with van der Waals surface area (Å²) in [6.07, 6.45) is 1.96. The van der Waals surface area contributed by atoms with Gasteiger partial charge in [-0.25, -0.2) is 9.78 Å². The average Bonchev–Trinajstić information content (AvgIpc) is 2.68. The van der Waals surface area contributed by atoms with E-state index in [0.29, 0.717) is 4.88 Å². The number of thiophene rings is 1. The number of hydrogen-bond acceptors (Lipinski definition) is 4. The summed E-state index contributed by atoms with van der Waals surface area (Å²) in [5, 5.41) is 10.2. The maximum atomic E-state index is 11.3. The lowest BCUT2D eigenvalue weighted by Gasteiger charge is -2.12. The zero-order valence-electron chi connectivity index (χ0n) is 10.7. The van der Waals surface area contributed by atoms with Crippen molar-refractivity contribution in [1.82, 2.24) is 4.98 Å². The summed E-state index contributed by atoms with van der Waals surface area (Å²) in [6.45, 7) is 2.11. The lowest BCUT2D eigenvalue weighted by atomic mass is 10.2. The molecule has 0 aliphatic rings. The van der Waals surface area contributed by atoms with E-state index < -0.39 is 5.97 Å². The third-order valence-corrected chi connectivity index (χ3v) is 3.81. The summed E-state index contributed by atoms with van der Waals surface area (Å²) in [5.74, 6) is -0.890. The molecule has 18 heavy (non-hydrogen) atoms. The van der Waals surface area contributed by atoms with Crippen LogP contribution in [0, 0.1) is 0 Å². The van der Waals surface area contributed by atoms with Crippen molar-refractivity contribution in [2.24, 2.45) is 0 Å². The Morgan fingerprint density at radius 2 is 2.17 bits per heavy atom. The third kappa shape index (κ3) is 2.18. The zero-order valence-corrected chi connectivity index (χ0v) is 11.5. The van der Waals surface area contributed by atoms with Gasteiger partial charge < -0.3 is 10.0 Å². The van der Waals surface area contributed by atoms with Crippen LogP contribution in [-0.2, 0) is 6.42 Å². The quantitative estimate of drug-likeness (QED) is 0.922. The third-order valence-electron chi connectivity index (χ3n) is 2.73. The molecule has 0 bridgehead atoms. The number of carboxylic acid groups (broad SMARTS) is 1. The van der Waals surface area contributed by atoms with Crippen molar-refractivity contribution in [3.63, 3.8) is 0 Å². The van der Waals surface area contributed by atoms with Crippen molar-refractivity contribution >= 4 is 33.2 Å². The van der Waals surface area contributed by atoms with E-state index in [9.17, 15) is 9.90 Å². The van der Waals surface area contributed by atoms with E-state index in [4.69, 9.17) is 0 Å². The zero-order chi connectivity index (χ0) is 13.3. The van der Waals surface area contributed by atoms with Gasteiger partial charge in [-0.1, -0.05) is 13.3 Å². The number of pyridine rings is 1. The molecule has 2 aromatic rings. The second-order valence-electron chi connectivity index (χ2n) is 4.38. The monoisotopic (exact) mass is 264 g/mol. The minimum absolute atomic E-state index is 0.358. The molecule has 0 aromatic carbocycles. The van der Waals surface area contributed by atoms with Crippen LogP contribution in [0.3, 0.4) is 0 Å². The van der Waals surface area contributed by atoms with E-state index in [0.717, 1.165) is 34.4 Å². The summed E-state index contributed by atoms with van der Waals surface area (Å²) in [4.78, 5) is 18.8. The summed E-state index contributed by atoms with van der Waals surface area (Å²) in [7, 11) is 3.71. The number of nitrogens with zero attached hydrogens (tertiary/aromatic N) is 2. The van der Waals surface area contributed by atoms with Gasteiger partial charge in [-0.05, 0) is 18.6 Å². The first-order chi connectivity index (χ1) is 8.54. The van der Waals surface area contributed by atoms with Crippen LogP contribution in [0.2, 0.25) is 0 Å². The molecule has 0 unspecified atom stereocenters. The average molecular weight is 264 g/mol. The fraction of sp³-hybridized carbons (Fsp3) is 0.385. The fourth-order valence-electron chi connectivity index (χ4n) is 1.99. The Labute approximate surface area is 110 Å². The molecule has 0 radical (unpaired) electrons. The van der Waals surface area contributed by atoms with Gasteiger partial charge in [0.05, 0.1) is 5.69 Å². The first kappa shape index (κ1) is 12.8. The van der Waals surface area contributed by atoms with Crippen molar-refractivity contribution < 1.29 is 9.90 Å². The number of aryl methyl sites for hydroxylation is 1. The maximum Gasteiger partial charge on any atom is 0.348 e. The van der Waals surface area contributed by atoms with Crippen molar-refractivity contribution in [3.05, 3.63) is 22.7 Å². The lowest BCUT2D eigenvalue weighted by molar-refractivity contribution is 0.0703. The van der Waals surface area contributed by atoms with Gasteiger partial charge in [-0.2, -0.15) is 0 Å². The van der Waals surface area contributed by atoms with Crippen LogP contribution in [0.25, 0.3) is 10.2 Å². The van der Waals surface area contributed by atoms with Gasteiger partial charge in [0.25, 0.3) is 0 Å². The second kappa shape index (κ2) is 4.94. The Hall–Kier alpha value is -1.62.